The van der Waals surface area contributed by atoms with Crippen LogP contribution >= 0.6 is 7.82 Å². The molecule has 89 heavy (non-hydrogen) atoms. The van der Waals surface area contributed by atoms with E-state index in [4.69, 9.17) is 9.05 Å². The summed E-state index contributed by atoms with van der Waals surface area (Å²) < 4.78 is 23.4. The fraction of sp³-hybridized carbons (Fsp3) is 0.662. The van der Waals surface area contributed by atoms with E-state index in [2.05, 4.69) is 165 Å². The van der Waals surface area contributed by atoms with Crippen LogP contribution in [0.25, 0.3) is 0 Å². The number of phosphoric ester groups is 1. The molecular formula is C80H137N2O6P. The summed E-state index contributed by atoms with van der Waals surface area (Å²) in [5.41, 5.74) is 0. The number of quaternary nitrogens is 1. The number of rotatable bonds is 65. The van der Waals surface area contributed by atoms with Crippen LogP contribution in [0.4, 0.5) is 0 Å². The average molecular weight is 1250 g/mol. The van der Waals surface area contributed by atoms with Crippen molar-refractivity contribution in [2.45, 2.75) is 302 Å². The lowest BCUT2D eigenvalue weighted by Gasteiger charge is -2.29. The van der Waals surface area contributed by atoms with Gasteiger partial charge < -0.3 is 28.8 Å². The van der Waals surface area contributed by atoms with Gasteiger partial charge in [-0.1, -0.05) is 320 Å². The molecule has 3 unspecified atom stereocenters. The smallest absolute Gasteiger partial charge is 0.268 e. The van der Waals surface area contributed by atoms with Crippen molar-refractivity contribution in [2.24, 2.45) is 0 Å². The minimum Gasteiger partial charge on any atom is -0.756 e. The number of carbonyl (C=O) groups excluding carboxylic acids is 1. The molecule has 0 saturated heterocycles. The zero-order valence-corrected chi connectivity index (χ0v) is 59.0. The molecule has 0 aliphatic heterocycles. The summed E-state index contributed by atoms with van der Waals surface area (Å²) in [6.07, 6.45) is 107. The molecule has 0 aromatic heterocycles. The molecule has 0 heterocycles. The number of amides is 1. The number of hydrogen-bond donors (Lipinski definition) is 2. The predicted molar refractivity (Wildman–Crippen MR) is 389 cm³/mol. The lowest BCUT2D eigenvalue weighted by atomic mass is 10.0. The number of carbonyl (C=O) groups is 1. The molecule has 0 rings (SSSR count). The monoisotopic (exact) mass is 1250 g/mol. The van der Waals surface area contributed by atoms with E-state index < -0.39 is 26.6 Å². The highest BCUT2D eigenvalue weighted by atomic mass is 31.2. The van der Waals surface area contributed by atoms with E-state index >= 15 is 0 Å². The van der Waals surface area contributed by atoms with Crippen molar-refractivity contribution in [3.63, 3.8) is 0 Å². The molecule has 0 aromatic rings. The molecule has 2 N–H and O–H groups in total. The van der Waals surface area contributed by atoms with Gasteiger partial charge in [0.2, 0.25) is 5.91 Å². The molecule has 0 spiro atoms. The third-order valence-corrected chi connectivity index (χ3v) is 16.4. The second-order valence-corrected chi connectivity index (χ2v) is 26.6. The number of aliphatic hydroxyl groups excluding tert-OH is 1. The highest BCUT2D eigenvalue weighted by molar-refractivity contribution is 7.45. The van der Waals surface area contributed by atoms with Crippen LogP contribution in [-0.4, -0.2) is 68.5 Å². The summed E-state index contributed by atoms with van der Waals surface area (Å²) in [6, 6.07) is -0.939. The largest absolute Gasteiger partial charge is 0.756 e. The Kier molecular flexibility index (Phi) is 65.5. The van der Waals surface area contributed by atoms with Crippen molar-refractivity contribution in [2.75, 3.05) is 40.9 Å². The predicted octanol–water partition coefficient (Wildman–Crippen LogP) is 23.1. The van der Waals surface area contributed by atoms with Crippen molar-refractivity contribution < 1.29 is 32.9 Å². The van der Waals surface area contributed by atoms with Gasteiger partial charge in [-0.15, -0.1) is 0 Å². The maximum absolute atomic E-state index is 13.0. The SMILES string of the molecule is CC/C=C\C/C=C\C/C=C\C/C=C\C/C=C\C/C=C\C/C=C\C/C=C\C/C=C\C/C=C\CCCCCCC(=O)NC(COP(=O)([O-])OCC[N+](C)(C)C)C(O)/C=C/CC/C=C/CC/C=C/CCCCCCCCCCCCCCCCCCCCCCCC. The average Bonchev–Trinajstić information content (AvgIpc) is 3.64. The summed E-state index contributed by atoms with van der Waals surface area (Å²) in [7, 11) is 1.20. The molecule has 1 amide bonds. The molecule has 508 valence electrons. The van der Waals surface area contributed by atoms with Gasteiger partial charge in [0.05, 0.1) is 39.9 Å². The molecule has 0 saturated carbocycles. The molecule has 0 aliphatic rings. The summed E-state index contributed by atoms with van der Waals surface area (Å²) >= 11 is 0. The van der Waals surface area contributed by atoms with Gasteiger partial charge in [0, 0.05) is 6.42 Å². The highest BCUT2D eigenvalue weighted by Crippen LogP contribution is 2.38. The van der Waals surface area contributed by atoms with Crippen LogP contribution in [0.15, 0.2) is 158 Å². The normalized spacial score (nSPS) is 14.6. The van der Waals surface area contributed by atoms with Crippen molar-refractivity contribution in [1.82, 2.24) is 5.32 Å². The van der Waals surface area contributed by atoms with Gasteiger partial charge in [-0.05, 0) is 122 Å². The summed E-state index contributed by atoms with van der Waals surface area (Å²) in [6.45, 7) is 4.49. The number of likely N-dealkylation sites (N-methyl/N-ethyl adjacent to an activating group) is 1. The molecule has 9 heteroatoms. The van der Waals surface area contributed by atoms with E-state index in [-0.39, 0.29) is 18.9 Å². The Morgan fingerprint density at radius 2 is 0.697 bits per heavy atom. The quantitative estimate of drug-likeness (QED) is 0.0272. The Bertz CT molecular complexity index is 2010. The molecule has 3 atom stereocenters. The molecule has 0 aromatic carbocycles. The molecule has 0 bridgehead atoms. The first-order valence-corrected chi connectivity index (χ1v) is 37.8. The number of phosphoric acid groups is 1. The van der Waals surface area contributed by atoms with Crippen LogP contribution in [-0.2, 0) is 18.4 Å². The van der Waals surface area contributed by atoms with Crippen molar-refractivity contribution in [3.8, 4) is 0 Å². The van der Waals surface area contributed by atoms with Gasteiger partial charge in [-0.3, -0.25) is 9.36 Å². The fourth-order valence-corrected chi connectivity index (χ4v) is 10.6. The van der Waals surface area contributed by atoms with Crippen LogP contribution in [0.3, 0.4) is 0 Å². The van der Waals surface area contributed by atoms with Gasteiger partial charge >= 0.3 is 0 Å². The summed E-state index contributed by atoms with van der Waals surface area (Å²) in [5.74, 6) is -0.240. The minimum absolute atomic E-state index is 0.0231. The minimum atomic E-state index is -4.64. The van der Waals surface area contributed by atoms with Crippen LogP contribution in [0.1, 0.15) is 290 Å². The van der Waals surface area contributed by atoms with Crippen LogP contribution in [0.5, 0.6) is 0 Å². The number of hydrogen-bond acceptors (Lipinski definition) is 6. The molecule has 0 radical (unpaired) electrons. The Labute approximate surface area is 550 Å². The van der Waals surface area contributed by atoms with Gasteiger partial charge in [0.15, 0.2) is 0 Å². The standard InChI is InChI=1S/C80H137N2O6P/c1-6-8-10-12-14-16-18-20-22-24-26-28-30-32-34-36-38-40-41-42-44-46-48-50-52-54-56-58-60-62-64-66-68-70-72-74-80(84)81-78(77-88-89(85,86)87-76-75-82(3,4)5)79(83)73-71-69-67-65-63-61-59-57-55-53-51-49-47-45-43-39-37-35-33-31-29-27-25-23-21-19-17-15-13-11-9-7-2/h8,10,14,16,20,22,26,28,32,34,38,40,42,44,48,50,54-57,60,62-63,65,71,73,78-79,83H,6-7,9,11-13,15,17-19,21,23-25,27,29-31,33,35-37,39,41,43,45-47,49,51-53,58-59,61,64,66-70,72,74-77H2,1-5H3,(H-,81,84,85,86)/b10-8-,16-14-,22-20-,28-26-,34-32-,40-38-,44-42-,50-48-,56-54-,57-55+,62-60-,65-63+,73-71+. The van der Waals surface area contributed by atoms with E-state index in [9.17, 15) is 19.4 Å². The second kappa shape index (κ2) is 68.5. The highest BCUT2D eigenvalue weighted by Gasteiger charge is 2.23. The summed E-state index contributed by atoms with van der Waals surface area (Å²) in [5, 5.41) is 13.9. The maximum Gasteiger partial charge on any atom is 0.268 e. The Balaban J connectivity index is 4.24. The maximum atomic E-state index is 13.0. The topological polar surface area (TPSA) is 108 Å². The Morgan fingerprint density at radius 3 is 1.04 bits per heavy atom. The Hall–Kier alpha value is -3.88. The first-order chi connectivity index (χ1) is 43.5. The number of allylic oxidation sites excluding steroid dienone is 25. The first kappa shape index (κ1) is 85.1. The molecular weight excluding hydrogens is 1120 g/mol. The van der Waals surface area contributed by atoms with Gasteiger partial charge in [0.1, 0.15) is 13.2 Å². The Morgan fingerprint density at radius 1 is 0.404 bits per heavy atom. The van der Waals surface area contributed by atoms with Crippen LogP contribution in [0, 0.1) is 0 Å². The van der Waals surface area contributed by atoms with Crippen molar-refractivity contribution in [1.29, 1.82) is 0 Å². The second-order valence-electron chi connectivity index (χ2n) is 25.2. The van der Waals surface area contributed by atoms with Crippen LogP contribution < -0.4 is 10.2 Å². The zero-order chi connectivity index (χ0) is 64.8. The van der Waals surface area contributed by atoms with E-state index in [0.29, 0.717) is 23.9 Å². The first-order valence-electron chi connectivity index (χ1n) is 36.3. The van der Waals surface area contributed by atoms with Crippen molar-refractivity contribution >= 4 is 13.7 Å². The van der Waals surface area contributed by atoms with E-state index in [1.54, 1.807) is 6.08 Å². The third kappa shape index (κ3) is 71.4. The van der Waals surface area contributed by atoms with Crippen molar-refractivity contribution in [3.05, 3.63) is 158 Å². The van der Waals surface area contributed by atoms with Crippen LogP contribution in [0.2, 0.25) is 0 Å². The number of unbranched alkanes of at least 4 members (excludes halogenated alkanes) is 28. The number of nitrogens with zero attached hydrogens (tertiary/aromatic N) is 1. The van der Waals surface area contributed by atoms with E-state index in [0.717, 1.165) is 109 Å². The van der Waals surface area contributed by atoms with Gasteiger partial charge in [-0.2, -0.15) is 0 Å². The lowest BCUT2D eigenvalue weighted by Crippen LogP contribution is -2.45. The van der Waals surface area contributed by atoms with E-state index in [1.807, 2.05) is 27.2 Å². The van der Waals surface area contributed by atoms with Gasteiger partial charge in [-0.25, -0.2) is 0 Å². The fourth-order valence-electron chi connectivity index (χ4n) is 9.86. The number of nitrogens with one attached hydrogen (secondary N) is 1. The summed E-state index contributed by atoms with van der Waals surface area (Å²) in [4.78, 5) is 25.6. The van der Waals surface area contributed by atoms with E-state index in [1.165, 1.54) is 148 Å². The van der Waals surface area contributed by atoms with Gasteiger partial charge in [0.25, 0.3) is 7.82 Å². The lowest BCUT2D eigenvalue weighted by molar-refractivity contribution is -0.870. The third-order valence-electron chi connectivity index (χ3n) is 15.4. The molecule has 0 fully saturated rings. The number of aliphatic hydroxyl groups is 1. The zero-order valence-electron chi connectivity index (χ0n) is 58.1. The molecule has 8 nitrogen and oxygen atoms in total. The molecule has 0 aliphatic carbocycles.